The molecule has 3 saturated heterocycles. The summed E-state index contributed by atoms with van der Waals surface area (Å²) in [5, 5.41) is 10.9. The quantitative estimate of drug-likeness (QED) is 0.0723. The first kappa shape index (κ1) is 73.6. The molecule has 39 heteroatoms. The molecule has 0 radical (unpaired) electrons. The fraction of sp³-hybridized carbons (Fsp3) is 0.550. The van der Waals surface area contributed by atoms with E-state index in [9.17, 15) is 92.3 Å². The lowest BCUT2D eigenvalue weighted by atomic mass is 10.1. The second-order valence-electron chi connectivity index (χ2n) is 26.1. The summed E-state index contributed by atoms with van der Waals surface area (Å²) in [6.07, 6.45) is -9.80. The lowest BCUT2D eigenvalue weighted by molar-refractivity contribution is -0.160. The average molecular weight is 1470 g/mol. The van der Waals surface area contributed by atoms with Gasteiger partial charge in [-0.3, -0.25) is 14.4 Å². The molecule has 99 heavy (non-hydrogen) atoms. The molecule has 540 valence electrons. The summed E-state index contributed by atoms with van der Waals surface area (Å²) in [5.41, 5.74) is -2.78. The molecule has 3 amide bonds. The van der Waals surface area contributed by atoms with Crippen LogP contribution >= 0.6 is 0 Å². The van der Waals surface area contributed by atoms with Gasteiger partial charge in [-0.15, -0.1) is 0 Å². The molecule has 6 unspecified atom stereocenters. The van der Waals surface area contributed by atoms with Gasteiger partial charge in [0.1, 0.15) is 17.2 Å². The number of rotatable bonds is 18. The molecule has 3 saturated carbocycles. The average Bonchev–Trinajstić information content (AvgIpc) is 1.55. The number of aromatic nitrogens is 6. The van der Waals surface area contributed by atoms with Gasteiger partial charge < -0.3 is 42.5 Å². The Hall–Kier alpha value is -8.10. The minimum atomic E-state index is -4.81. The van der Waals surface area contributed by atoms with Gasteiger partial charge in [0.05, 0.1) is 47.6 Å². The molecule has 3 aromatic heterocycles. The molecular formula is C60H63F12N9O15S3. The van der Waals surface area contributed by atoms with E-state index in [1.807, 2.05) is 0 Å². The highest BCUT2D eigenvalue weighted by atomic mass is 32.2. The van der Waals surface area contributed by atoms with Crippen molar-refractivity contribution >= 4 is 47.2 Å². The van der Waals surface area contributed by atoms with Crippen LogP contribution in [0.2, 0.25) is 0 Å². The number of carbonyl (C=O) groups excluding carboxylic acids is 3. The number of halogens is 12. The van der Waals surface area contributed by atoms with Crippen LogP contribution in [0, 0.1) is 24.7 Å². The Labute approximate surface area is 556 Å². The van der Waals surface area contributed by atoms with Gasteiger partial charge in [-0.2, -0.15) is 41.3 Å². The second kappa shape index (κ2) is 24.9. The van der Waals surface area contributed by atoms with Crippen LogP contribution < -0.4 is 14.2 Å². The van der Waals surface area contributed by atoms with Crippen LogP contribution in [-0.4, -0.2) is 182 Å². The molecule has 6 fully saturated rings. The number of ether oxygens (including phenoxy) is 3. The summed E-state index contributed by atoms with van der Waals surface area (Å²) in [6, 6.07) is 10.3. The van der Waals surface area contributed by atoms with E-state index in [2.05, 4.69) is 39.5 Å². The number of benzene rings is 3. The van der Waals surface area contributed by atoms with Crippen molar-refractivity contribution in [2.24, 2.45) is 17.8 Å². The summed E-state index contributed by atoms with van der Waals surface area (Å²) in [5.74, 6) is -14.7. The molecule has 0 N–H and O–H groups in total. The third-order valence-electron chi connectivity index (χ3n) is 18.4. The molecular weight excluding hydrogens is 1410 g/mol. The molecule has 9 atom stereocenters. The van der Waals surface area contributed by atoms with Crippen molar-refractivity contribution in [1.29, 1.82) is 0 Å². The van der Waals surface area contributed by atoms with E-state index in [0.29, 0.717) is 58.4 Å². The number of amides is 3. The number of sulfone groups is 3. The molecule has 6 heterocycles. The van der Waals surface area contributed by atoms with E-state index in [4.69, 9.17) is 18.7 Å². The topological polar surface area (TPSA) is 308 Å². The highest BCUT2D eigenvalue weighted by Crippen LogP contribution is 2.61. The van der Waals surface area contributed by atoms with Gasteiger partial charge in [0.2, 0.25) is 5.89 Å². The van der Waals surface area contributed by atoms with Gasteiger partial charge in [-0.05, 0) is 112 Å². The van der Waals surface area contributed by atoms with Crippen LogP contribution in [0.15, 0.2) is 82.9 Å². The summed E-state index contributed by atoms with van der Waals surface area (Å²) < 4.78 is 261. The zero-order valence-electron chi connectivity index (χ0n) is 53.9. The molecule has 24 nitrogen and oxygen atoms in total. The molecule has 3 aliphatic heterocycles. The third-order valence-corrected chi connectivity index (χ3v) is 21.7. The van der Waals surface area contributed by atoms with Crippen LogP contribution in [0.3, 0.4) is 0 Å². The summed E-state index contributed by atoms with van der Waals surface area (Å²) in [6.45, 7) is 8.02. The highest BCUT2D eigenvalue weighted by Gasteiger charge is 2.67. The Balaban J connectivity index is 0.000000161. The number of piperidine rings is 3. The Kier molecular flexibility index (Phi) is 18.5. The maximum Gasteiger partial charge on any atom is 0.471 e. The Morgan fingerprint density at radius 2 is 0.727 bits per heavy atom. The number of fused-ring (bicyclic) bond motifs is 3. The summed E-state index contributed by atoms with van der Waals surface area (Å²) in [4.78, 5) is 54.7. The van der Waals surface area contributed by atoms with E-state index in [1.54, 1.807) is 11.8 Å². The van der Waals surface area contributed by atoms with Crippen molar-refractivity contribution in [2.45, 2.75) is 147 Å². The first-order chi connectivity index (χ1) is 45.4. The number of nitrogens with zero attached hydrogens (tertiary/aromatic N) is 9. The SMILES string of the molecule is C[C@@H](Oc1ccc(S(C)(=O)=O)cc1C(=O)N1CC2CC2(c2noc(C(F)(F)F)n2)C1)C(C)(F)F.C[C@H](Oc1ccc(S(C)(=O)=O)cc1C(=O)N1CC2CC2(c2noc(C(F)(F)F)n2)C1)C(C)(F)F.Cc1nc(C23CC2CN(C(=O)c2cc(S(C)(=O)=O)ccc2O[C@@H](C)C(C)(F)F)C3)no1. The number of hydrogen-bond donors (Lipinski definition) is 0. The van der Waals surface area contributed by atoms with Crippen molar-refractivity contribution in [1.82, 2.24) is 45.1 Å². The van der Waals surface area contributed by atoms with Crippen LogP contribution in [0.4, 0.5) is 52.7 Å². The first-order valence-corrected chi connectivity index (χ1v) is 35.7. The van der Waals surface area contributed by atoms with Gasteiger partial charge in [-0.1, -0.05) is 15.5 Å². The van der Waals surface area contributed by atoms with E-state index in [1.165, 1.54) is 34.9 Å². The van der Waals surface area contributed by atoms with Crippen LogP contribution in [0.5, 0.6) is 17.2 Å². The van der Waals surface area contributed by atoms with E-state index in [0.717, 1.165) is 75.4 Å². The molecule has 6 aromatic rings. The predicted octanol–water partition coefficient (Wildman–Crippen LogP) is 9.27. The van der Waals surface area contributed by atoms with Crippen molar-refractivity contribution in [2.75, 3.05) is 58.0 Å². The molecule has 12 rings (SSSR count). The van der Waals surface area contributed by atoms with Gasteiger partial charge in [-0.25, -0.2) is 51.6 Å². The van der Waals surface area contributed by atoms with E-state index >= 15 is 0 Å². The number of carbonyl (C=O) groups is 3. The number of hydrogen-bond acceptors (Lipinski definition) is 21. The zero-order chi connectivity index (χ0) is 73.3. The third kappa shape index (κ3) is 15.2. The molecule has 0 spiro atoms. The monoisotopic (exact) mass is 1470 g/mol. The molecule has 0 bridgehead atoms. The van der Waals surface area contributed by atoms with Crippen molar-refractivity contribution < 1.29 is 120 Å². The maximum atomic E-state index is 13.7. The Morgan fingerprint density at radius 1 is 0.465 bits per heavy atom. The highest BCUT2D eigenvalue weighted by molar-refractivity contribution is 7.91. The van der Waals surface area contributed by atoms with Crippen LogP contribution in [0.25, 0.3) is 0 Å². The standard InChI is InChI=1S/2C20H20F5N3O5S.C20H23F2N3O5S/c2*1-10(18(2,21)22)32-14-5-4-12(34(3,30)31)6-13(14)15(29)28-8-11-7-19(11,9-28)16-26-17(33-27-16)20(23,24)25;1-11(19(3,21)22)29-16-6-5-14(31(4,27)28)7-15(16)17(26)25-9-13-8-20(13,10-25)18-23-12(2)30-24-18/h2*4-6,10-11H,7-9H2,1-3H3;5-7,11,13H,8-10H2,1-4H3/t2*10-,11?,19?;11-,13?,20?/m100/s1. The lowest BCUT2D eigenvalue weighted by Crippen LogP contribution is -2.35. The molecule has 3 aromatic carbocycles. The largest absolute Gasteiger partial charge is 0.484 e. The minimum absolute atomic E-state index is 0.0463. The van der Waals surface area contributed by atoms with Crippen molar-refractivity contribution in [3.8, 4) is 17.2 Å². The number of alkyl halides is 12. The van der Waals surface area contributed by atoms with Gasteiger partial charge in [0, 0.05) is 85.7 Å². The van der Waals surface area contributed by atoms with E-state index < -0.39 is 118 Å². The van der Waals surface area contributed by atoms with Crippen LogP contribution in [-0.2, 0) is 58.1 Å². The maximum absolute atomic E-state index is 13.7. The lowest BCUT2D eigenvalue weighted by Gasteiger charge is -2.25. The molecule has 3 aliphatic carbocycles. The summed E-state index contributed by atoms with van der Waals surface area (Å²) in [7, 11) is -11.1. The second-order valence-corrected chi connectivity index (χ2v) is 32.2. The predicted molar refractivity (Wildman–Crippen MR) is 315 cm³/mol. The normalized spacial score (nSPS) is 23.7. The van der Waals surface area contributed by atoms with Crippen LogP contribution in [0.1, 0.15) is 127 Å². The van der Waals surface area contributed by atoms with E-state index in [-0.39, 0.29) is 110 Å². The number of aryl methyl sites for hydroxylation is 1. The minimum Gasteiger partial charge on any atom is -0.484 e. The van der Waals surface area contributed by atoms with Crippen molar-refractivity contribution in [3.05, 3.63) is 106 Å². The number of likely N-dealkylation sites (tertiary alicyclic amines) is 3. The van der Waals surface area contributed by atoms with Gasteiger partial charge >= 0.3 is 24.1 Å². The fourth-order valence-corrected chi connectivity index (χ4v) is 13.9. The first-order valence-electron chi connectivity index (χ1n) is 30.0. The van der Waals surface area contributed by atoms with Gasteiger partial charge in [0.25, 0.3) is 35.5 Å². The Morgan fingerprint density at radius 3 is 0.949 bits per heavy atom. The smallest absolute Gasteiger partial charge is 0.471 e. The Bertz CT molecular complexity index is 4330. The van der Waals surface area contributed by atoms with Gasteiger partial charge in [0.15, 0.2) is 65.3 Å². The summed E-state index contributed by atoms with van der Waals surface area (Å²) >= 11 is 0. The fourth-order valence-electron chi connectivity index (χ4n) is 12.0. The zero-order valence-corrected chi connectivity index (χ0v) is 56.4. The molecule has 6 aliphatic rings. The van der Waals surface area contributed by atoms with Crippen molar-refractivity contribution in [3.63, 3.8) is 0 Å².